The Morgan fingerprint density at radius 3 is 2.41 bits per heavy atom. The van der Waals surface area contributed by atoms with Crippen molar-refractivity contribution in [2.24, 2.45) is 0 Å². The number of fused-ring (bicyclic) bond motifs is 2. The molecule has 0 saturated carbocycles. The van der Waals surface area contributed by atoms with Crippen LogP contribution in [-0.2, 0) is 19.2 Å². The molecule has 2 aromatic carbocycles. The summed E-state index contributed by atoms with van der Waals surface area (Å²) in [7, 11) is 0. The van der Waals surface area contributed by atoms with E-state index in [9.17, 15) is 38.0 Å². The standard InChI is InChI=1S/C43H51FN8O7/c1-4-51(22-20-47-41(57)37-25(2)33(48-26(37)3)24-30-29-23-27(44)14-15-31(29)49-39(30)55)21-19-46-35(53)13-8-6-5-7-9-18-45-32-12-10-11-28-38(32)43(59)52(42(28)58)34-16-17-36(54)50-40(34)56/h10-12,14-15,23-24,34,45,48H,4-9,13,16-22H2,1-3H3,(H,46,53)(H,47,57)(H,49,55)(H,50,54,56)/b30-24-. The lowest BCUT2D eigenvalue weighted by Crippen LogP contribution is -2.54. The fourth-order valence-corrected chi connectivity index (χ4v) is 7.82. The Labute approximate surface area is 341 Å². The first-order valence-corrected chi connectivity index (χ1v) is 20.3. The van der Waals surface area contributed by atoms with Crippen LogP contribution < -0.4 is 26.6 Å². The molecular weight excluding hydrogens is 760 g/mol. The topological polar surface area (TPSA) is 202 Å². The molecule has 16 heteroatoms. The number of carbonyl (C=O) groups excluding carboxylic acids is 7. The van der Waals surface area contributed by atoms with Gasteiger partial charge in [0.25, 0.3) is 23.6 Å². The number of nitrogens with zero attached hydrogens (tertiary/aromatic N) is 2. The van der Waals surface area contributed by atoms with Crippen LogP contribution in [0.15, 0.2) is 36.4 Å². The molecule has 15 nitrogen and oxygen atoms in total. The number of anilines is 2. The smallest absolute Gasteiger partial charge is 0.264 e. The average Bonchev–Trinajstić information content (AvgIpc) is 3.77. The first-order chi connectivity index (χ1) is 28.4. The third-order valence-corrected chi connectivity index (χ3v) is 11.0. The van der Waals surface area contributed by atoms with E-state index >= 15 is 0 Å². The molecule has 1 fully saturated rings. The number of halogens is 1. The number of aryl methyl sites for hydroxylation is 1. The number of piperidine rings is 1. The van der Waals surface area contributed by atoms with Crippen LogP contribution >= 0.6 is 0 Å². The third kappa shape index (κ3) is 9.76. The van der Waals surface area contributed by atoms with Gasteiger partial charge in [-0.05, 0) is 81.6 Å². The number of aromatic nitrogens is 1. The lowest BCUT2D eigenvalue weighted by Gasteiger charge is -2.27. The lowest BCUT2D eigenvalue weighted by atomic mass is 10.0. The molecule has 0 aliphatic carbocycles. The van der Waals surface area contributed by atoms with E-state index in [1.807, 2.05) is 6.92 Å². The molecule has 3 aliphatic rings. The number of hydrogen-bond donors (Lipinski definition) is 6. The van der Waals surface area contributed by atoms with Crippen molar-refractivity contribution in [3.8, 4) is 0 Å². The van der Waals surface area contributed by atoms with Gasteiger partial charge in [-0.1, -0.05) is 32.3 Å². The number of H-pyrrole nitrogens is 1. The van der Waals surface area contributed by atoms with E-state index in [0.29, 0.717) is 84.2 Å². The molecular formula is C43H51FN8O7. The van der Waals surface area contributed by atoms with Crippen LogP contribution in [0.4, 0.5) is 15.8 Å². The second-order valence-corrected chi connectivity index (χ2v) is 15.0. The van der Waals surface area contributed by atoms with Crippen molar-refractivity contribution in [3.63, 3.8) is 0 Å². The molecule has 3 aromatic rings. The molecule has 1 unspecified atom stereocenters. The molecule has 0 spiro atoms. The van der Waals surface area contributed by atoms with Gasteiger partial charge in [0, 0.05) is 73.9 Å². The first kappa shape index (κ1) is 42.4. The summed E-state index contributed by atoms with van der Waals surface area (Å²) < 4.78 is 13.9. The largest absolute Gasteiger partial charge is 0.384 e. The van der Waals surface area contributed by atoms with Crippen LogP contribution in [0.3, 0.4) is 0 Å². The van der Waals surface area contributed by atoms with Crippen molar-refractivity contribution in [1.82, 2.24) is 30.7 Å². The predicted molar refractivity (Wildman–Crippen MR) is 220 cm³/mol. The van der Waals surface area contributed by atoms with Gasteiger partial charge in [0.1, 0.15) is 11.9 Å². The highest BCUT2D eigenvalue weighted by Gasteiger charge is 2.45. The van der Waals surface area contributed by atoms with Gasteiger partial charge in [-0.2, -0.15) is 0 Å². The minimum absolute atomic E-state index is 0.00703. The van der Waals surface area contributed by atoms with Crippen LogP contribution in [0.1, 0.15) is 112 Å². The zero-order chi connectivity index (χ0) is 42.2. The van der Waals surface area contributed by atoms with E-state index in [1.165, 1.54) is 18.2 Å². The van der Waals surface area contributed by atoms with Crippen molar-refractivity contribution in [1.29, 1.82) is 0 Å². The molecule has 312 valence electrons. The fourth-order valence-electron chi connectivity index (χ4n) is 7.82. The Hall–Kier alpha value is -6.16. The minimum Gasteiger partial charge on any atom is -0.384 e. The summed E-state index contributed by atoms with van der Waals surface area (Å²) in [5.41, 5.74) is 4.79. The van der Waals surface area contributed by atoms with Gasteiger partial charge >= 0.3 is 0 Å². The Kier molecular flexibility index (Phi) is 13.7. The number of imide groups is 2. The second kappa shape index (κ2) is 19.1. The number of likely N-dealkylation sites (N-methyl/N-ethyl adjacent to an activating group) is 1. The van der Waals surface area contributed by atoms with E-state index in [2.05, 4.69) is 36.5 Å². The Bertz CT molecular complexity index is 2200. The van der Waals surface area contributed by atoms with Crippen LogP contribution in [0.5, 0.6) is 0 Å². The molecule has 1 atom stereocenters. The van der Waals surface area contributed by atoms with Gasteiger partial charge < -0.3 is 31.2 Å². The zero-order valence-corrected chi connectivity index (χ0v) is 33.6. The van der Waals surface area contributed by atoms with Crippen LogP contribution in [0, 0.1) is 19.7 Å². The molecule has 6 rings (SSSR count). The minimum atomic E-state index is -1.01. The lowest BCUT2D eigenvalue weighted by molar-refractivity contribution is -0.136. The fraction of sp³-hybridized carbons (Fsp3) is 0.419. The van der Waals surface area contributed by atoms with Gasteiger partial charge in [-0.15, -0.1) is 0 Å². The molecule has 1 aromatic heterocycles. The van der Waals surface area contributed by atoms with E-state index in [-0.39, 0.29) is 41.7 Å². The number of benzene rings is 2. The molecule has 7 amide bonds. The quantitative estimate of drug-likeness (QED) is 0.0581. The summed E-state index contributed by atoms with van der Waals surface area (Å²) in [6.45, 7) is 9.07. The van der Waals surface area contributed by atoms with Gasteiger partial charge in [0.05, 0.1) is 22.3 Å². The number of nitrogens with one attached hydrogen (secondary N) is 6. The molecule has 59 heavy (non-hydrogen) atoms. The van der Waals surface area contributed by atoms with Crippen molar-refractivity contribution in [2.45, 2.75) is 78.2 Å². The Morgan fingerprint density at radius 2 is 1.64 bits per heavy atom. The number of rotatable bonds is 19. The molecule has 4 heterocycles. The highest BCUT2D eigenvalue weighted by Crippen LogP contribution is 2.35. The highest BCUT2D eigenvalue weighted by atomic mass is 19.1. The summed E-state index contributed by atoms with van der Waals surface area (Å²) in [5.74, 6) is -3.16. The molecule has 0 radical (unpaired) electrons. The monoisotopic (exact) mass is 810 g/mol. The van der Waals surface area contributed by atoms with Crippen LogP contribution in [-0.4, -0.2) is 101 Å². The number of hydrogen-bond acceptors (Lipinski definition) is 9. The summed E-state index contributed by atoms with van der Waals surface area (Å²) in [5, 5.41) is 14.2. The summed E-state index contributed by atoms with van der Waals surface area (Å²) >= 11 is 0. The first-order valence-electron chi connectivity index (χ1n) is 20.3. The van der Waals surface area contributed by atoms with Gasteiger partial charge in [0.2, 0.25) is 17.7 Å². The van der Waals surface area contributed by atoms with Crippen molar-refractivity contribution < 1.29 is 38.0 Å². The van der Waals surface area contributed by atoms with Crippen molar-refractivity contribution in [2.75, 3.05) is 49.9 Å². The zero-order valence-electron chi connectivity index (χ0n) is 33.6. The van der Waals surface area contributed by atoms with E-state index in [0.717, 1.165) is 43.5 Å². The van der Waals surface area contributed by atoms with E-state index < -0.39 is 35.5 Å². The van der Waals surface area contributed by atoms with Gasteiger partial charge in [-0.25, -0.2) is 4.39 Å². The number of aromatic amines is 1. The molecule has 6 N–H and O–H groups in total. The summed E-state index contributed by atoms with van der Waals surface area (Å²) in [6.07, 6.45) is 6.57. The average molecular weight is 811 g/mol. The van der Waals surface area contributed by atoms with E-state index in [4.69, 9.17) is 0 Å². The maximum atomic E-state index is 13.9. The number of carbonyl (C=O) groups is 7. The SMILES string of the molecule is CCN(CCNC(=O)CCCCCCCNc1cccc2c1C(=O)N(C1CCC(=O)NC1=O)C2=O)CCNC(=O)c1c(C)[nH]c(/C=C2\C(=O)Nc3ccc(F)cc32)c1C. The third-order valence-electron chi connectivity index (χ3n) is 11.0. The maximum absolute atomic E-state index is 13.9. The van der Waals surface area contributed by atoms with Crippen molar-refractivity contribution >= 4 is 64.4 Å². The molecule has 3 aliphatic heterocycles. The Balaban J connectivity index is 0.841. The maximum Gasteiger partial charge on any atom is 0.264 e. The summed E-state index contributed by atoms with van der Waals surface area (Å²) in [4.78, 5) is 94.9. The molecule has 1 saturated heterocycles. The van der Waals surface area contributed by atoms with Crippen LogP contribution in [0.25, 0.3) is 11.6 Å². The summed E-state index contributed by atoms with van der Waals surface area (Å²) in [6, 6.07) is 8.12. The van der Waals surface area contributed by atoms with Crippen molar-refractivity contribution in [3.05, 3.63) is 81.4 Å². The predicted octanol–water partition coefficient (Wildman–Crippen LogP) is 4.29. The van der Waals surface area contributed by atoms with Crippen LogP contribution in [0.2, 0.25) is 0 Å². The Morgan fingerprint density at radius 1 is 0.898 bits per heavy atom. The van der Waals surface area contributed by atoms with E-state index in [1.54, 1.807) is 38.1 Å². The normalized spacial score (nSPS) is 16.7. The highest BCUT2D eigenvalue weighted by molar-refractivity contribution is 6.35. The number of amides is 7. The van der Waals surface area contributed by atoms with Gasteiger partial charge in [-0.3, -0.25) is 43.8 Å². The number of unbranched alkanes of at least 4 members (excludes halogenated alkanes) is 4. The second-order valence-electron chi connectivity index (χ2n) is 15.0. The van der Waals surface area contributed by atoms with Gasteiger partial charge in [0.15, 0.2) is 0 Å². The molecule has 0 bridgehead atoms.